The number of aliphatic hydroxyl groups is 1. The van der Waals surface area contributed by atoms with Crippen molar-refractivity contribution >= 4 is 32.2 Å². The summed E-state index contributed by atoms with van der Waals surface area (Å²) in [5, 5.41) is 14.6. The van der Waals surface area contributed by atoms with Crippen LogP contribution >= 0.6 is 0 Å². The monoisotopic (exact) mass is 451 g/mol. The van der Waals surface area contributed by atoms with Crippen molar-refractivity contribution < 1.29 is 13.5 Å². The molecule has 2 aliphatic rings. The van der Waals surface area contributed by atoms with E-state index in [1.54, 1.807) is 12.1 Å². The van der Waals surface area contributed by atoms with Gasteiger partial charge in [-0.15, -0.1) is 0 Å². The SMILES string of the molecule is Cc1ccc2nc(N3CCS(=O)(=O)c4ccccc4C3)cc(N[C@H]3CC[C@H](O)CC3)c2c1. The number of hydrogen-bond acceptors (Lipinski definition) is 6. The van der Waals surface area contributed by atoms with E-state index in [2.05, 4.69) is 35.3 Å². The quantitative estimate of drug-likeness (QED) is 0.625. The van der Waals surface area contributed by atoms with Gasteiger partial charge in [-0.1, -0.05) is 29.8 Å². The van der Waals surface area contributed by atoms with Crippen LogP contribution in [0.4, 0.5) is 11.5 Å². The average molecular weight is 452 g/mol. The topological polar surface area (TPSA) is 82.5 Å². The van der Waals surface area contributed by atoms with Crippen LogP contribution in [0, 0.1) is 6.92 Å². The molecule has 0 saturated heterocycles. The molecule has 1 fully saturated rings. The van der Waals surface area contributed by atoms with Crippen molar-refractivity contribution in [3.8, 4) is 0 Å². The van der Waals surface area contributed by atoms with Crippen molar-refractivity contribution in [1.82, 2.24) is 4.98 Å². The summed E-state index contributed by atoms with van der Waals surface area (Å²) in [5.41, 5.74) is 3.90. The van der Waals surface area contributed by atoms with E-state index >= 15 is 0 Å². The molecule has 0 radical (unpaired) electrons. The molecule has 32 heavy (non-hydrogen) atoms. The summed E-state index contributed by atoms with van der Waals surface area (Å²) >= 11 is 0. The van der Waals surface area contributed by atoms with Crippen LogP contribution in [-0.4, -0.2) is 43.0 Å². The van der Waals surface area contributed by atoms with Crippen LogP contribution in [0.15, 0.2) is 53.4 Å². The molecule has 2 heterocycles. The maximum absolute atomic E-state index is 12.8. The van der Waals surface area contributed by atoms with Gasteiger partial charge in [-0.05, 0) is 56.4 Å². The molecule has 168 valence electrons. The van der Waals surface area contributed by atoms with Crippen LogP contribution in [0.2, 0.25) is 0 Å². The van der Waals surface area contributed by atoms with Crippen molar-refractivity contribution in [2.24, 2.45) is 0 Å². The number of fused-ring (bicyclic) bond motifs is 2. The van der Waals surface area contributed by atoms with E-state index in [1.807, 2.05) is 18.2 Å². The maximum Gasteiger partial charge on any atom is 0.180 e. The van der Waals surface area contributed by atoms with Gasteiger partial charge < -0.3 is 15.3 Å². The summed E-state index contributed by atoms with van der Waals surface area (Å²) in [7, 11) is -3.31. The number of aryl methyl sites for hydroxylation is 1. The maximum atomic E-state index is 12.8. The first-order valence-electron chi connectivity index (χ1n) is 11.3. The molecule has 6 nitrogen and oxygen atoms in total. The Labute approximate surface area is 189 Å². The number of pyridine rings is 1. The predicted molar refractivity (Wildman–Crippen MR) is 128 cm³/mol. The fourth-order valence-corrected chi connectivity index (χ4v) is 6.30. The average Bonchev–Trinajstić information content (AvgIpc) is 2.91. The van der Waals surface area contributed by atoms with Crippen LogP contribution in [0.1, 0.15) is 36.8 Å². The minimum atomic E-state index is -3.31. The molecule has 3 aromatic rings. The standard InChI is InChI=1S/C25H29N3O3S/c1-17-6-11-22-21(14-17)23(26-19-7-9-20(29)10-8-19)15-25(27-22)28-12-13-32(30,31)24-5-3-2-4-18(24)16-28/h2-6,11,14-15,19-20,29H,7-10,12-13,16H2,1H3,(H,26,27)/t19-,20-. The number of benzene rings is 2. The van der Waals surface area contributed by atoms with E-state index < -0.39 is 9.84 Å². The van der Waals surface area contributed by atoms with Gasteiger partial charge in [0, 0.05) is 36.3 Å². The first-order chi connectivity index (χ1) is 15.4. The Morgan fingerprint density at radius 1 is 1.06 bits per heavy atom. The molecular weight excluding hydrogens is 422 g/mol. The second-order valence-electron chi connectivity index (χ2n) is 9.05. The molecule has 1 saturated carbocycles. The number of nitrogens with zero attached hydrogens (tertiary/aromatic N) is 2. The van der Waals surface area contributed by atoms with E-state index in [4.69, 9.17) is 4.98 Å². The van der Waals surface area contributed by atoms with Gasteiger partial charge in [0.2, 0.25) is 0 Å². The minimum Gasteiger partial charge on any atom is -0.393 e. The highest BCUT2D eigenvalue weighted by atomic mass is 32.2. The van der Waals surface area contributed by atoms with Crippen molar-refractivity contribution in [2.45, 2.75) is 56.2 Å². The zero-order chi connectivity index (χ0) is 22.3. The molecule has 7 heteroatoms. The molecule has 1 aromatic heterocycles. The normalized spacial score (nSPS) is 22.9. The van der Waals surface area contributed by atoms with Crippen molar-refractivity contribution in [1.29, 1.82) is 0 Å². The van der Waals surface area contributed by atoms with Crippen LogP contribution < -0.4 is 10.2 Å². The van der Waals surface area contributed by atoms with E-state index in [0.29, 0.717) is 24.0 Å². The molecular formula is C25H29N3O3S. The predicted octanol–water partition coefficient (Wildman–Crippen LogP) is 4.05. The lowest BCUT2D eigenvalue weighted by Gasteiger charge is -2.29. The summed E-state index contributed by atoms with van der Waals surface area (Å²) in [5.74, 6) is 0.854. The molecule has 1 aliphatic heterocycles. The Bertz CT molecular complexity index is 1250. The van der Waals surface area contributed by atoms with Crippen LogP contribution in [0.3, 0.4) is 0 Å². The summed E-state index contributed by atoms with van der Waals surface area (Å²) in [6.07, 6.45) is 3.29. The lowest BCUT2D eigenvalue weighted by atomic mass is 9.93. The molecule has 0 spiro atoms. The van der Waals surface area contributed by atoms with Crippen LogP contribution in [0.5, 0.6) is 0 Å². The van der Waals surface area contributed by atoms with E-state index in [0.717, 1.165) is 53.7 Å². The number of aromatic nitrogens is 1. The number of anilines is 2. The van der Waals surface area contributed by atoms with Crippen molar-refractivity contribution in [2.75, 3.05) is 22.5 Å². The van der Waals surface area contributed by atoms with Gasteiger partial charge in [0.25, 0.3) is 0 Å². The summed E-state index contributed by atoms with van der Waals surface area (Å²) in [6, 6.07) is 15.9. The first-order valence-corrected chi connectivity index (χ1v) is 13.0. The van der Waals surface area contributed by atoms with Gasteiger partial charge in [-0.2, -0.15) is 0 Å². The highest BCUT2D eigenvalue weighted by molar-refractivity contribution is 7.91. The number of aliphatic hydroxyl groups excluding tert-OH is 1. The third-order valence-electron chi connectivity index (χ3n) is 6.63. The lowest BCUT2D eigenvalue weighted by molar-refractivity contribution is 0.126. The molecule has 1 aliphatic carbocycles. The third kappa shape index (κ3) is 4.19. The zero-order valence-electron chi connectivity index (χ0n) is 18.3. The molecule has 0 amide bonds. The Morgan fingerprint density at radius 2 is 1.84 bits per heavy atom. The fourth-order valence-electron chi connectivity index (χ4n) is 4.81. The Morgan fingerprint density at radius 3 is 2.66 bits per heavy atom. The second-order valence-corrected chi connectivity index (χ2v) is 11.1. The van der Waals surface area contributed by atoms with Gasteiger partial charge >= 0.3 is 0 Å². The highest BCUT2D eigenvalue weighted by Gasteiger charge is 2.26. The van der Waals surface area contributed by atoms with Gasteiger partial charge in [0.1, 0.15) is 5.82 Å². The molecule has 0 unspecified atom stereocenters. The number of nitrogens with one attached hydrogen (secondary N) is 1. The lowest BCUT2D eigenvalue weighted by Crippen LogP contribution is -2.29. The van der Waals surface area contributed by atoms with Gasteiger partial charge in [-0.3, -0.25) is 0 Å². The van der Waals surface area contributed by atoms with Crippen LogP contribution in [-0.2, 0) is 16.4 Å². The Hall–Kier alpha value is -2.64. The first kappa shape index (κ1) is 21.2. The fraction of sp³-hybridized carbons (Fsp3) is 0.400. The Kier molecular flexibility index (Phi) is 5.55. The highest BCUT2D eigenvalue weighted by Crippen LogP contribution is 2.33. The summed E-state index contributed by atoms with van der Waals surface area (Å²) in [6.45, 7) is 2.98. The van der Waals surface area contributed by atoms with Gasteiger partial charge in [-0.25, -0.2) is 13.4 Å². The number of hydrogen-bond donors (Lipinski definition) is 2. The summed E-state index contributed by atoms with van der Waals surface area (Å²) < 4.78 is 25.6. The van der Waals surface area contributed by atoms with E-state index in [-0.39, 0.29) is 11.9 Å². The molecule has 2 aromatic carbocycles. The zero-order valence-corrected chi connectivity index (χ0v) is 19.1. The summed E-state index contributed by atoms with van der Waals surface area (Å²) in [4.78, 5) is 7.42. The minimum absolute atomic E-state index is 0.0703. The van der Waals surface area contributed by atoms with Gasteiger partial charge in [0.05, 0.1) is 22.3 Å². The third-order valence-corrected chi connectivity index (χ3v) is 8.42. The largest absolute Gasteiger partial charge is 0.393 e. The van der Waals surface area contributed by atoms with Gasteiger partial charge in [0.15, 0.2) is 9.84 Å². The smallest absolute Gasteiger partial charge is 0.180 e. The van der Waals surface area contributed by atoms with Crippen LogP contribution in [0.25, 0.3) is 10.9 Å². The Balaban J connectivity index is 1.54. The van der Waals surface area contributed by atoms with E-state index in [9.17, 15) is 13.5 Å². The second kappa shape index (κ2) is 8.37. The van der Waals surface area contributed by atoms with Crippen molar-refractivity contribution in [3.63, 3.8) is 0 Å². The van der Waals surface area contributed by atoms with E-state index in [1.165, 1.54) is 5.56 Å². The van der Waals surface area contributed by atoms with Crippen molar-refractivity contribution in [3.05, 3.63) is 59.7 Å². The number of rotatable bonds is 3. The molecule has 0 atom stereocenters. The molecule has 5 rings (SSSR count). The molecule has 2 N–H and O–H groups in total. The molecule has 0 bridgehead atoms. The number of sulfone groups is 1.